The van der Waals surface area contributed by atoms with Crippen LogP contribution in [0.1, 0.15) is 0 Å². The van der Waals surface area contributed by atoms with Gasteiger partial charge in [0.1, 0.15) is 11.5 Å². The van der Waals surface area contributed by atoms with E-state index in [1.54, 1.807) is 25.6 Å². The third-order valence-electron chi connectivity index (χ3n) is 6.66. The van der Waals surface area contributed by atoms with Gasteiger partial charge in [-0.05, 0) is 64.1 Å². The summed E-state index contributed by atoms with van der Waals surface area (Å²) in [4.78, 5) is 1.29. The van der Waals surface area contributed by atoms with E-state index in [2.05, 4.69) is 120 Å². The fourth-order valence-corrected chi connectivity index (χ4v) is 15.4. The van der Waals surface area contributed by atoms with Gasteiger partial charge in [-0.25, -0.2) is 0 Å². The number of para-hydroxylation sites is 1. The van der Waals surface area contributed by atoms with Gasteiger partial charge in [0, 0.05) is 28.2 Å². The van der Waals surface area contributed by atoms with Crippen molar-refractivity contribution in [2.75, 3.05) is 14.2 Å². The summed E-state index contributed by atoms with van der Waals surface area (Å²) < 4.78 is 13.3. The van der Waals surface area contributed by atoms with Crippen molar-refractivity contribution in [3.8, 4) is 33.1 Å². The summed E-state index contributed by atoms with van der Waals surface area (Å²) >= 11 is 3.63. The Morgan fingerprint density at radius 3 is 1.90 bits per heavy atom. The van der Waals surface area contributed by atoms with Gasteiger partial charge in [-0.15, -0.1) is 22.7 Å². The first-order chi connectivity index (χ1) is 19.8. The van der Waals surface area contributed by atoms with Gasteiger partial charge in [-0.1, -0.05) is 97.1 Å². The summed E-state index contributed by atoms with van der Waals surface area (Å²) in [6.07, 6.45) is 0. The van der Waals surface area contributed by atoms with Crippen LogP contribution in [0.3, 0.4) is 0 Å². The zero-order valence-corrected chi connectivity index (χ0v) is 25.7. The molecule has 0 bridgehead atoms. The first-order valence-electron chi connectivity index (χ1n) is 12.9. The second-order valence-electron chi connectivity index (χ2n) is 8.99. The summed E-state index contributed by atoms with van der Waals surface area (Å²) in [7, 11) is 1.91. The van der Waals surface area contributed by atoms with Gasteiger partial charge >= 0.3 is 0 Å². The Morgan fingerprint density at radius 2 is 1.20 bits per heavy atom. The molecule has 2 heterocycles. The van der Waals surface area contributed by atoms with Crippen molar-refractivity contribution in [3.63, 3.8) is 0 Å². The maximum atomic E-state index is 6.02. The Hall–Kier alpha value is -3.26. The standard InChI is InChI=1S/C34H28O2P2S2/c1-35-29-14-7-6-13-28(29)34-30(36-2)15-8-16-31(34)38(33-18-10-24-40-33)37(26-11-4-3-5-12-26)27-21-19-25(20-22-27)32-17-9-23-39-32/h3-24H,1-2H3/t37?,38-/m0/s1. The molecule has 0 N–H and O–H groups in total. The van der Waals surface area contributed by atoms with Gasteiger partial charge in [0.2, 0.25) is 0 Å². The number of rotatable bonds is 9. The van der Waals surface area contributed by atoms with Gasteiger partial charge in [0.05, 0.1) is 14.2 Å². The maximum absolute atomic E-state index is 6.02. The third kappa shape index (κ3) is 5.38. The summed E-state index contributed by atoms with van der Waals surface area (Å²) in [6.45, 7) is 0. The molecular weight excluding hydrogens is 566 g/mol. The van der Waals surface area contributed by atoms with Crippen LogP contribution in [0.5, 0.6) is 11.5 Å². The van der Waals surface area contributed by atoms with E-state index < -0.39 is 15.2 Å². The van der Waals surface area contributed by atoms with Gasteiger partial charge in [-0.2, -0.15) is 0 Å². The second-order valence-corrected chi connectivity index (χ2v) is 16.8. The molecule has 1 unspecified atom stereocenters. The lowest BCUT2D eigenvalue weighted by Gasteiger charge is -2.31. The number of benzene rings is 4. The smallest absolute Gasteiger partial charge is 0.127 e. The highest BCUT2D eigenvalue weighted by atomic mass is 32.1. The fraction of sp³-hybridized carbons (Fsp3) is 0.0588. The molecule has 2 nitrogen and oxygen atoms in total. The average Bonchev–Trinajstić information content (AvgIpc) is 3.76. The minimum absolute atomic E-state index is 0.767. The molecule has 2 atom stereocenters. The SMILES string of the molecule is COc1ccccc1-c1c(OC)cccc1[P@@](c1cccs1)P(c1ccccc1)c1ccc(-c2cccs2)cc1. The minimum Gasteiger partial charge on any atom is -0.496 e. The van der Waals surface area contributed by atoms with E-state index in [1.165, 1.54) is 31.0 Å². The Balaban J connectivity index is 1.60. The van der Waals surface area contributed by atoms with Crippen molar-refractivity contribution in [2.45, 2.75) is 0 Å². The van der Waals surface area contributed by atoms with E-state index in [0.29, 0.717) is 0 Å². The van der Waals surface area contributed by atoms with E-state index in [-0.39, 0.29) is 0 Å². The van der Waals surface area contributed by atoms with Crippen LogP contribution in [-0.4, -0.2) is 14.2 Å². The maximum Gasteiger partial charge on any atom is 0.127 e. The van der Waals surface area contributed by atoms with Crippen LogP contribution in [0.2, 0.25) is 0 Å². The highest BCUT2D eigenvalue weighted by molar-refractivity contribution is 8.42. The molecule has 6 rings (SSSR count). The van der Waals surface area contributed by atoms with Crippen LogP contribution < -0.4 is 30.0 Å². The molecule has 0 aliphatic rings. The first-order valence-corrected chi connectivity index (χ1v) is 18.1. The lowest BCUT2D eigenvalue weighted by molar-refractivity contribution is 0.410. The monoisotopic (exact) mass is 594 g/mol. The van der Waals surface area contributed by atoms with Crippen molar-refractivity contribution in [1.29, 1.82) is 0 Å². The largest absolute Gasteiger partial charge is 0.496 e. The van der Waals surface area contributed by atoms with Gasteiger partial charge in [-0.3, -0.25) is 0 Å². The normalized spacial score (nSPS) is 12.6. The van der Waals surface area contributed by atoms with E-state index in [1.807, 2.05) is 23.5 Å². The van der Waals surface area contributed by atoms with Gasteiger partial charge in [0.25, 0.3) is 0 Å². The molecule has 40 heavy (non-hydrogen) atoms. The number of hydrogen-bond donors (Lipinski definition) is 0. The van der Waals surface area contributed by atoms with Gasteiger partial charge in [0.15, 0.2) is 0 Å². The summed E-state index contributed by atoms with van der Waals surface area (Å²) in [5, 5.41) is 8.38. The molecule has 0 radical (unpaired) electrons. The van der Waals surface area contributed by atoms with Crippen molar-refractivity contribution < 1.29 is 9.47 Å². The van der Waals surface area contributed by atoms with E-state index in [4.69, 9.17) is 9.47 Å². The number of methoxy groups -OCH3 is 2. The fourth-order valence-electron chi connectivity index (χ4n) is 4.86. The molecule has 0 spiro atoms. The van der Waals surface area contributed by atoms with Crippen molar-refractivity contribution in [1.82, 2.24) is 0 Å². The van der Waals surface area contributed by atoms with Crippen LogP contribution in [0.25, 0.3) is 21.6 Å². The molecular formula is C34H28O2P2S2. The molecule has 0 fully saturated rings. The van der Waals surface area contributed by atoms with Crippen LogP contribution in [0.15, 0.2) is 132 Å². The Kier molecular flexibility index (Phi) is 8.42. The van der Waals surface area contributed by atoms with Crippen molar-refractivity contribution in [3.05, 3.63) is 132 Å². The summed E-state index contributed by atoms with van der Waals surface area (Å²) in [5.41, 5.74) is 3.43. The highest BCUT2D eigenvalue weighted by Crippen LogP contribution is 2.67. The Morgan fingerprint density at radius 1 is 0.525 bits per heavy atom. The zero-order valence-electron chi connectivity index (χ0n) is 22.2. The molecule has 6 aromatic rings. The molecule has 6 heteroatoms. The van der Waals surface area contributed by atoms with Crippen LogP contribution in [0.4, 0.5) is 0 Å². The van der Waals surface area contributed by atoms with Gasteiger partial charge < -0.3 is 9.47 Å². The number of hydrogen-bond acceptors (Lipinski definition) is 4. The molecule has 0 saturated heterocycles. The van der Waals surface area contributed by atoms with E-state index in [9.17, 15) is 0 Å². The molecule has 2 aromatic heterocycles. The topological polar surface area (TPSA) is 18.5 Å². The average molecular weight is 595 g/mol. The number of ether oxygens (including phenoxy) is 2. The molecule has 4 aromatic carbocycles. The van der Waals surface area contributed by atoms with Crippen molar-refractivity contribution >= 4 is 58.4 Å². The quantitative estimate of drug-likeness (QED) is 0.156. The Bertz CT molecular complexity index is 1670. The minimum atomic E-state index is -0.818. The molecule has 0 amide bonds. The van der Waals surface area contributed by atoms with Crippen LogP contribution in [-0.2, 0) is 0 Å². The molecule has 0 saturated carbocycles. The van der Waals surface area contributed by atoms with E-state index >= 15 is 0 Å². The lowest BCUT2D eigenvalue weighted by Crippen LogP contribution is -2.20. The van der Waals surface area contributed by atoms with E-state index in [0.717, 1.165) is 22.6 Å². The zero-order chi connectivity index (χ0) is 27.3. The predicted octanol–water partition coefficient (Wildman–Crippen LogP) is 8.64. The summed E-state index contributed by atoms with van der Waals surface area (Å²) in [5.74, 6) is 1.71. The lowest BCUT2D eigenvalue weighted by atomic mass is 10.0. The number of thiophene rings is 2. The second kappa shape index (κ2) is 12.5. The van der Waals surface area contributed by atoms with Crippen LogP contribution in [0, 0.1) is 0 Å². The molecule has 198 valence electrons. The Labute approximate surface area is 246 Å². The third-order valence-corrected chi connectivity index (χ3v) is 16.8. The summed E-state index contributed by atoms with van der Waals surface area (Å²) in [6, 6.07) is 43.8. The molecule has 0 aliphatic carbocycles. The van der Waals surface area contributed by atoms with Crippen LogP contribution >= 0.6 is 37.9 Å². The first kappa shape index (κ1) is 26.9. The van der Waals surface area contributed by atoms with Crippen molar-refractivity contribution in [2.24, 2.45) is 0 Å². The predicted molar refractivity (Wildman–Crippen MR) is 178 cm³/mol. The highest BCUT2D eigenvalue weighted by Gasteiger charge is 2.32. The molecule has 0 aliphatic heterocycles.